The Bertz CT molecular complexity index is 330. The number of nitrogens with one attached hydrogen (secondary N) is 1. The van der Waals surface area contributed by atoms with Crippen molar-refractivity contribution in [3.63, 3.8) is 0 Å². The maximum Gasteiger partial charge on any atom is 0.110 e. The fourth-order valence-corrected chi connectivity index (χ4v) is 2.32. The molecule has 0 saturated carbocycles. The SMILES string of the molecule is CNCC1OCCc2c(C)cn(C)c21. The van der Waals surface area contributed by atoms with Crippen LogP contribution < -0.4 is 5.32 Å². The molecule has 0 spiro atoms. The van der Waals surface area contributed by atoms with Gasteiger partial charge in [0.2, 0.25) is 0 Å². The van der Waals surface area contributed by atoms with Gasteiger partial charge in [-0.15, -0.1) is 0 Å². The first-order valence-corrected chi connectivity index (χ1v) is 5.15. The number of rotatable bonds is 2. The molecule has 1 unspecified atom stereocenters. The van der Waals surface area contributed by atoms with Gasteiger partial charge in [0.1, 0.15) is 6.10 Å². The Hall–Kier alpha value is -0.800. The molecule has 1 atom stereocenters. The van der Waals surface area contributed by atoms with E-state index in [4.69, 9.17) is 4.74 Å². The molecule has 78 valence electrons. The number of aryl methyl sites for hydroxylation is 2. The Labute approximate surface area is 85.1 Å². The summed E-state index contributed by atoms with van der Waals surface area (Å²) in [4.78, 5) is 0. The van der Waals surface area contributed by atoms with Gasteiger partial charge in [-0.3, -0.25) is 0 Å². The minimum Gasteiger partial charge on any atom is -0.370 e. The number of ether oxygens (including phenoxy) is 1. The summed E-state index contributed by atoms with van der Waals surface area (Å²) < 4.78 is 7.96. The van der Waals surface area contributed by atoms with Crippen LogP contribution in [0.2, 0.25) is 0 Å². The number of hydrogen-bond donors (Lipinski definition) is 1. The lowest BCUT2D eigenvalue weighted by Crippen LogP contribution is -2.26. The summed E-state index contributed by atoms with van der Waals surface area (Å²) in [6, 6.07) is 0. The van der Waals surface area contributed by atoms with Crippen LogP contribution in [0.4, 0.5) is 0 Å². The minimum absolute atomic E-state index is 0.224. The highest BCUT2D eigenvalue weighted by Crippen LogP contribution is 2.29. The molecule has 0 bridgehead atoms. The van der Waals surface area contributed by atoms with Crippen molar-refractivity contribution in [3.05, 3.63) is 23.0 Å². The summed E-state index contributed by atoms with van der Waals surface area (Å²) in [6.45, 7) is 3.93. The van der Waals surface area contributed by atoms with Crippen LogP contribution in [0, 0.1) is 6.92 Å². The standard InChI is InChI=1S/C11H18N2O/c1-8-7-13(3)11-9(8)4-5-14-10(11)6-12-2/h7,10,12H,4-6H2,1-3H3. The normalized spacial score (nSPS) is 20.9. The molecule has 1 aromatic rings. The first-order chi connectivity index (χ1) is 6.74. The Balaban J connectivity index is 2.37. The van der Waals surface area contributed by atoms with Gasteiger partial charge in [0.25, 0.3) is 0 Å². The van der Waals surface area contributed by atoms with Gasteiger partial charge in [-0.05, 0) is 31.5 Å². The van der Waals surface area contributed by atoms with Gasteiger partial charge >= 0.3 is 0 Å². The number of hydrogen-bond acceptors (Lipinski definition) is 2. The molecule has 0 amide bonds. The number of aromatic nitrogens is 1. The van der Waals surface area contributed by atoms with Crippen molar-refractivity contribution >= 4 is 0 Å². The zero-order chi connectivity index (χ0) is 10.1. The molecular weight excluding hydrogens is 176 g/mol. The van der Waals surface area contributed by atoms with E-state index in [2.05, 4.69) is 30.1 Å². The van der Waals surface area contributed by atoms with Gasteiger partial charge in [-0.25, -0.2) is 0 Å². The molecule has 0 fully saturated rings. The van der Waals surface area contributed by atoms with Crippen LogP contribution in [0.1, 0.15) is 22.9 Å². The topological polar surface area (TPSA) is 26.2 Å². The zero-order valence-electron chi connectivity index (χ0n) is 9.13. The van der Waals surface area contributed by atoms with Crippen molar-refractivity contribution in [1.82, 2.24) is 9.88 Å². The van der Waals surface area contributed by atoms with Crippen molar-refractivity contribution in [3.8, 4) is 0 Å². The van der Waals surface area contributed by atoms with Gasteiger partial charge in [0.15, 0.2) is 0 Å². The van der Waals surface area contributed by atoms with Gasteiger partial charge in [-0.2, -0.15) is 0 Å². The van der Waals surface area contributed by atoms with Crippen LogP contribution in [0.15, 0.2) is 6.20 Å². The summed E-state index contributed by atoms with van der Waals surface area (Å²) in [5.74, 6) is 0. The lowest BCUT2D eigenvalue weighted by atomic mass is 10.0. The summed E-state index contributed by atoms with van der Waals surface area (Å²) in [5, 5.41) is 3.18. The number of likely N-dealkylation sites (N-methyl/N-ethyl adjacent to an activating group) is 1. The molecule has 1 aliphatic heterocycles. The third-order valence-electron chi connectivity index (χ3n) is 2.92. The van der Waals surface area contributed by atoms with Gasteiger partial charge in [0, 0.05) is 19.8 Å². The fourth-order valence-electron chi connectivity index (χ4n) is 2.32. The van der Waals surface area contributed by atoms with E-state index in [9.17, 15) is 0 Å². The van der Waals surface area contributed by atoms with Gasteiger partial charge in [0.05, 0.1) is 12.3 Å². The Morgan fingerprint density at radius 2 is 2.43 bits per heavy atom. The molecule has 3 heteroatoms. The van der Waals surface area contributed by atoms with Crippen molar-refractivity contribution in [1.29, 1.82) is 0 Å². The van der Waals surface area contributed by atoms with E-state index in [1.807, 2.05) is 7.05 Å². The highest BCUT2D eigenvalue weighted by atomic mass is 16.5. The Kier molecular flexibility index (Phi) is 2.61. The second-order valence-electron chi connectivity index (χ2n) is 3.95. The van der Waals surface area contributed by atoms with Crippen LogP contribution >= 0.6 is 0 Å². The van der Waals surface area contributed by atoms with Crippen molar-refractivity contribution in [2.45, 2.75) is 19.4 Å². The second kappa shape index (κ2) is 3.75. The van der Waals surface area contributed by atoms with E-state index in [-0.39, 0.29) is 6.10 Å². The summed E-state index contributed by atoms with van der Waals surface area (Å²) in [6.07, 6.45) is 3.48. The molecule has 3 nitrogen and oxygen atoms in total. The molecule has 2 rings (SSSR count). The van der Waals surface area contributed by atoms with Crippen molar-refractivity contribution in [2.75, 3.05) is 20.2 Å². The maximum absolute atomic E-state index is 5.76. The minimum atomic E-state index is 0.224. The third kappa shape index (κ3) is 1.47. The van der Waals surface area contributed by atoms with E-state index in [1.165, 1.54) is 16.8 Å². The predicted octanol–water partition coefficient (Wildman–Crippen LogP) is 1.17. The average Bonchev–Trinajstić information content (AvgIpc) is 2.44. The van der Waals surface area contributed by atoms with Gasteiger partial charge in [-0.1, -0.05) is 0 Å². The second-order valence-corrected chi connectivity index (χ2v) is 3.95. The molecule has 1 aromatic heterocycles. The molecule has 0 saturated heterocycles. The Morgan fingerprint density at radius 1 is 1.64 bits per heavy atom. The monoisotopic (exact) mass is 194 g/mol. The van der Waals surface area contributed by atoms with Crippen molar-refractivity contribution < 1.29 is 4.74 Å². The van der Waals surface area contributed by atoms with E-state index in [0.29, 0.717) is 0 Å². The predicted molar refractivity (Wildman–Crippen MR) is 56.5 cm³/mol. The van der Waals surface area contributed by atoms with E-state index >= 15 is 0 Å². The van der Waals surface area contributed by atoms with E-state index < -0.39 is 0 Å². The van der Waals surface area contributed by atoms with Crippen LogP contribution in [-0.4, -0.2) is 24.8 Å². The molecule has 0 aromatic carbocycles. The smallest absolute Gasteiger partial charge is 0.110 e. The largest absolute Gasteiger partial charge is 0.370 e. The van der Waals surface area contributed by atoms with Crippen LogP contribution in [0.5, 0.6) is 0 Å². The number of nitrogens with zero attached hydrogens (tertiary/aromatic N) is 1. The van der Waals surface area contributed by atoms with E-state index in [1.54, 1.807) is 0 Å². The first-order valence-electron chi connectivity index (χ1n) is 5.15. The molecule has 0 radical (unpaired) electrons. The fraction of sp³-hybridized carbons (Fsp3) is 0.636. The van der Waals surface area contributed by atoms with Crippen LogP contribution in [0.3, 0.4) is 0 Å². The summed E-state index contributed by atoms with van der Waals surface area (Å²) in [7, 11) is 4.07. The van der Waals surface area contributed by atoms with Crippen LogP contribution in [0.25, 0.3) is 0 Å². The first kappa shape index (κ1) is 9.74. The Morgan fingerprint density at radius 3 is 3.14 bits per heavy atom. The molecule has 14 heavy (non-hydrogen) atoms. The molecule has 2 heterocycles. The zero-order valence-corrected chi connectivity index (χ0v) is 9.13. The average molecular weight is 194 g/mol. The molecule has 1 N–H and O–H groups in total. The third-order valence-corrected chi connectivity index (χ3v) is 2.92. The molecule has 1 aliphatic rings. The summed E-state index contributed by atoms with van der Waals surface area (Å²) >= 11 is 0. The lowest BCUT2D eigenvalue weighted by molar-refractivity contribution is 0.0388. The van der Waals surface area contributed by atoms with Crippen LogP contribution in [-0.2, 0) is 18.2 Å². The highest BCUT2D eigenvalue weighted by Gasteiger charge is 2.24. The number of fused-ring (bicyclic) bond motifs is 1. The van der Waals surface area contributed by atoms with E-state index in [0.717, 1.165) is 19.6 Å². The molecule has 0 aliphatic carbocycles. The molecular formula is C11H18N2O. The highest BCUT2D eigenvalue weighted by molar-refractivity contribution is 5.34. The summed E-state index contributed by atoms with van der Waals surface area (Å²) in [5.41, 5.74) is 4.23. The quantitative estimate of drug-likeness (QED) is 0.764. The maximum atomic E-state index is 5.76. The van der Waals surface area contributed by atoms with Gasteiger partial charge < -0.3 is 14.6 Å². The van der Waals surface area contributed by atoms with Crippen molar-refractivity contribution in [2.24, 2.45) is 7.05 Å². The lowest BCUT2D eigenvalue weighted by Gasteiger charge is -2.25.